The third kappa shape index (κ3) is 4.05. The van der Waals surface area contributed by atoms with E-state index in [1.165, 1.54) is 6.07 Å². The molecule has 1 aromatic carbocycles. The lowest BCUT2D eigenvalue weighted by molar-refractivity contribution is -0.116. The zero-order chi connectivity index (χ0) is 18.5. The standard InChI is InChI=1S/C19H20N4O3/c1-13-9-10-20-19(21-13)22-17(24)8-5-11-26-16-12-18(25)23(2)15-7-4-3-6-14(15)16/h3-4,6-7,9-10,12H,5,8,11H2,1-2H3,(H,20,21,22,24). The minimum Gasteiger partial charge on any atom is -0.493 e. The van der Waals surface area contributed by atoms with Gasteiger partial charge in [0.25, 0.3) is 5.56 Å². The second-order valence-corrected chi connectivity index (χ2v) is 5.94. The minimum absolute atomic E-state index is 0.131. The monoisotopic (exact) mass is 352 g/mol. The van der Waals surface area contributed by atoms with Crippen LogP contribution in [0.4, 0.5) is 5.95 Å². The predicted molar refractivity (Wildman–Crippen MR) is 99.3 cm³/mol. The van der Waals surface area contributed by atoms with E-state index in [0.717, 1.165) is 16.6 Å². The number of pyridine rings is 1. The normalized spacial score (nSPS) is 10.7. The van der Waals surface area contributed by atoms with Crippen molar-refractivity contribution in [1.82, 2.24) is 14.5 Å². The van der Waals surface area contributed by atoms with Crippen LogP contribution in [0.25, 0.3) is 10.9 Å². The number of rotatable bonds is 6. The van der Waals surface area contributed by atoms with E-state index in [0.29, 0.717) is 24.7 Å². The summed E-state index contributed by atoms with van der Waals surface area (Å²) < 4.78 is 7.33. The number of aryl methyl sites for hydroxylation is 2. The number of para-hydroxylation sites is 1. The van der Waals surface area contributed by atoms with E-state index in [1.54, 1.807) is 23.9 Å². The summed E-state index contributed by atoms with van der Waals surface area (Å²) in [4.78, 5) is 32.1. The molecule has 0 aliphatic rings. The molecule has 0 aliphatic heterocycles. The van der Waals surface area contributed by atoms with Crippen molar-refractivity contribution in [3.05, 3.63) is 58.6 Å². The number of benzene rings is 1. The maximum Gasteiger partial charge on any atom is 0.254 e. The first-order valence-corrected chi connectivity index (χ1v) is 8.35. The van der Waals surface area contributed by atoms with E-state index in [-0.39, 0.29) is 17.9 Å². The van der Waals surface area contributed by atoms with Crippen LogP contribution in [0.15, 0.2) is 47.4 Å². The van der Waals surface area contributed by atoms with Gasteiger partial charge in [-0.2, -0.15) is 0 Å². The minimum atomic E-state index is -0.173. The fourth-order valence-electron chi connectivity index (χ4n) is 2.61. The van der Waals surface area contributed by atoms with Gasteiger partial charge in [0, 0.05) is 36.8 Å². The Morgan fingerprint density at radius 3 is 2.88 bits per heavy atom. The van der Waals surface area contributed by atoms with Gasteiger partial charge in [-0.3, -0.25) is 14.9 Å². The molecule has 2 aromatic heterocycles. The molecule has 3 rings (SSSR count). The summed E-state index contributed by atoms with van der Waals surface area (Å²) in [7, 11) is 1.73. The summed E-state index contributed by atoms with van der Waals surface area (Å²) in [6, 6.07) is 10.8. The van der Waals surface area contributed by atoms with Crippen molar-refractivity contribution in [1.29, 1.82) is 0 Å². The number of nitrogens with one attached hydrogen (secondary N) is 1. The molecule has 7 heteroatoms. The molecule has 0 unspecified atom stereocenters. The molecule has 7 nitrogen and oxygen atoms in total. The van der Waals surface area contributed by atoms with Gasteiger partial charge in [-0.1, -0.05) is 12.1 Å². The van der Waals surface area contributed by atoms with Gasteiger partial charge < -0.3 is 9.30 Å². The van der Waals surface area contributed by atoms with Gasteiger partial charge in [-0.25, -0.2) is 9.97 Å². The van der Waals surface area contributed by atoms with Crippen molar-refractivity contribution < 1.29 is 9.53 Å². The quantitative estimate of drug-likeness (QED) is 0.689. The molecule has 2 heterocycles. The molecular formula is C19H20N4O3. The van der Waals surface area contributed by atoms with Gasteiger partial charge in [-0.05, 0) is 31.5 Å². The first-order valence-electron chi connectivity index (χ1n) is 8.35. The number of carbonyl (C=O) groups is 1. The lowest BCUT2D eigenvalue weighted by Gasteiger charge is -2.11. The molecule has 26 heavy (non-hydrogen) atoms. The maximum atomic E-state index is 12.0. The van der Waals surface area contributed by atoms with Crippen molar-refractivity contribution in [2.75, 3.05) is 11.9 Å². The summed E-state index contributed by atoms with van der Waals surface area (Å²) in [6.45, 7) is 2.17. The molecule has 0 fully saturated rings. The lowest BCUT2D eigenvalue weighted by Crippen LogP contribution is -2.17. The molecule has 0 spiro atoms. The van der Waals surface area contributed by atoms with Gasteiger partial charge in [0.2, 0.25) is 11.9 Å². The number of nitrogens with zero attached hydrogens (tertiary/aromatic N) is 3. The van der Waals surface area contributed by atoms with Crippen LogP contribution in [-0.2, 0) is 11.8 Å². The number of hydrogen-bond acceptors (Lipinski definition) is 5. The van der Waals surface area contributed by atoms with Crippen molar-refractivity contribution in [3.63, 3.8) is 0 Å². The van der Waals surface area contributed by atoms with Crippen molar-refractivity contribution >= 4 is 22.8 Å². The maximum absolute atomic E-state index is 12.0. The molecule has 1 N–H and O–H groups in total. The van der Waals surface area contributed by atoms with E-state index >= 15 is 0 Å². The van der Waals surface area contributed by atoms with E-state index < -0.39 is 0 Å². The molecule has 0 bridgehead atoms. The van der Waals surface area contributed by atoms with Crippen molar-refractivity contribution in [2.45, 2.75) is 19.8 Å². The van der Waals surface area contributed by atoms with Gasteiger partial charge in [-0.15, -0.1) is 0 Å². The van der Waals surface area contributed by atoms with E-state index in [4.69, 9.17) is 4.74 Å². The second kappa shape index (κ2) is 7.77. The third-order valence-electron chi connectivity index (χ3n) is 3.97. The van der Waals surface area contributed by atoms with Crippen molar-refractivity contribution in [3.8, 4) is 5.75 Å². The molecule has 0 saturated carbocycles. The summed E-state index contributed by atoms with van der Waals surface area (Å²) in [5, 5.41) is 3.53. The molecule has 134 valence electrons. The van der Waals surface area contributed by atoms with Crippen LogP contribution in [0.3, 0.4) is 0 Å². The zero-order valence-electron chi connectivity index (χ0n) is 14.7. The molecule has 0 saturated heterocycles. The Kier molecular flexibility index (Phi) is 5.26. The molecule has 0 radical (unpaired) electrons. The van der Waals surface area contributed by atoms with Crippen molar-refractivity contribution in [2.24, 2.45) is 7.05 Å². The average molecular weight is 352 g/mol. The number of aromatic nitrogens is 3. The Balaban J connectivity index is 1.57. The summed E-state index contributed by atoms with van der Waals surface area (Å²) in [5.74, 6) is 0.660. The van der Waals surface area contributed by atoms with Crippen LogP contribution < -0.4 is 15.6 Å². The highest BCUT2D eigenvalue weighted by Gasteiger charge is 2.08. The summed E-state index contributed by atoms with van der Waals surface area (Å²) >= 11 is 0. The van der Waals surface area contributed by atoms with Crippen LogP contribution in [0.2, 0.25) is 0 Å². The van der Waals surface area contributed by atoms with Crippen LogP contribution in [0.5, 0.6) is 5.75 Å². The molecule has 0 aliphatic carbocycles. The number of ether oxygens (including phenoxy) is 1. The number of fused-ring (bicyclic) bond motifs is 1. The average Bonchev–Trinajstić information content (AvgIpc) is 2.62. The smallest absolute Gasteiger partial charge is 0.254 e. The van der Waals surface area contributed by atoms with Crippen LogP contribution in [0.1, 0.15) is 18.5 Å². The largest absolute Gasteiger partial charge is 0.493 e. The van der Waals surface area contributed by atoms with E-state index in [1.807, 2.05) is 31.2 Å². The van der Waals surface area contributed by atoms with Gasteiger partial charge in [0.05, 0.1) is 12.1 Å². The third-order valence-corrected chi connectivity index (χ3v) is 3.97. The highest BCUT2D eigenvalue weighted by atomic mass is 16.5. The highest BCUT2D eigenvalue weighted by Crippen LogP contribution is 2.23. The Morgan fingerprint density at radius 2 is 2.08 bits per heavy atom. The predicted octanol–water partition coefficient (Wildman–Crippen LogP) is 2.43. The Bertz CT molecular complexity index is 997. The van der Waals surface area contributed by atoms with Gasteiger partial charge >= 0.3 is 0 Å². The van der Waals surface area contributed by atoms with Crippen LogP contribution in [0, 0.1) is 6.92 Å². The first-order chi connectivity index (χ1) is 12.5. The zero-order valence-corrected chi connectivity index (χ0v) is 14.7. The number of carbonyl (C=O) groups excluding carboxylic acids is 1. The molecule has 3 aromatic rings. The van der Waals surface area contributed by atoms with Crippen LogP contribution in [-0.4, -0.2) is 27.0 Å². The Morgan fingerprint density at radius 1 is 1.27 bits per heavy atom. The summed E-state index contributed by atoms with van der Waals surface area (Å²) in [5.41, 5.74) is 1.47. The first kappa shape index (κ1) is 17.6. The lowest BCUT2D eigenvalue weighted by atomic mass is 10.2. The molecular weight excluding hydrogens is 332 g/mol. The second-order valence-electron chi connectivity index (χ2n) is 5.94. The number of anilines is 1. The van der Waals surface area contributed by atoms with Gasteiger partial charge in [0.15, 0.2) is 0 Å². The highest BCUT2D eigenvalue weighted by molar-refractivity contribution is 5.88. The summed E-state index contributed by atoms with van der Waals surface area (Å²) in [6.07, 6.45) is 2.39. The number of amides is 1. The topological polar surface area (TPSA) is 86.1 Å². The van der Waals surface area contributed by atoms with Crippen LogP contribution >= 0.6 is 0 Å². The number of hydrogen-bond donors (Lipinski definition) is 1. The molecule has 0 atom stereocenters. The van der Waals surface area contributed by atoms with E-state index in [2.05, 4.69) is 15.3 Å². The SMILES string of the molecule is Cc1ccnc(NC(=O)CCCOc2cc(=O)n(C)c3ccccc23)n1. The fourth-order valence-corrected chi connectivity index (χ4v) is 2.61. The fraction of sp³-hybridized carbons (Fsp3) is 0.263. The Labute approximate surface area is 150 Å². The van der Waals surface area contributed by atoms with Gasteiger partial charge in [0.1, 0.15) is 5.75 Å². The molecule has 1 amide bonds. The van der Waals surface area contributed by atoms with E-state index in [9.17, 15) is 9.59 Å². The Hall–Kier alpha value is -3.22.